The summed E-state index contributed by atoms with van der Waals surface area (Å²) in [6.45, 7) is 0. The van der Waals surface area contributed by atoms with Crippen LogP contribution in [0.3, 0.4) is 0 Å². The van der Waals surface area contributed by atoms with E-state index in [1.54, 1.807) is 0 Å². The van der Waals surface area contributed by atoms with Crippen LogP contribution in [0.25, 0.3) is 21.9 Å². The van der Waals surface area contributed by atoms with Crippen molar-refractivity contribution < 1.29 is 5.11 Å². The van der Waals surface area contributed by atoms with Gasteiger partial charge in [0.1, 0.15) is 23.6 Å². The predicted octanol–water partition coefficient (Wildman–Crippen LogP) is 4.47. The topological polar surface area (TPSA) is 102 Å². The van der Waals surface area contributed by atoms with Crippen LogP contribution in [-0.4, -0.2) is 36.8 Å². The van der Waals surface area contributed by atoms with E-state index >= 15 is 0 Å². The first kappa shape index (κ1) is 20.4. The molecule has 7 heteroatoms. The summed E-state index contributed by atoms with van der Waals surface area (Å²) < 4.78 is 2.08. The highest BCUT2D eigenvalue weighted by molar-refractivity contribution is 5.86. The number of benzene rings is 1. The zero-order valence-electron chi connectivity index (χ0n) is 18.7. The number of hydrogen-bond acceptors (Lipinski definition) is 6. The van der Waals surface area contributed by atoms with Gasteiger partial charge in [-0.15, -0.1) is 0 Å². The fraction of sp³-hybridized carbons (Fsp3) is 0.423. The quantitative estimate of drug-likeness (QED) is 0.407. The lowest BCUT2D eigenvalue weighted by Crippen LogP contribution is -2.27. The molecular formula is C26H30N6O. The van der Waals surface area contributed by atoms with Crippen LogP contribution in [0, 0.1) is 5.92 Å². The fourth-order valence-electron chi connectivity index (χ4n) is 5.42. The molecule has 2 fully saturated rings. The van der Waals surface area contributed by atoms with Gasteiger partial charge in [0.05, 0.1) is 23.0 Å². The highest BCUT2D eigenvalue weighted by atomic mass is 16.3. The molecule has 7 nitrogen and oxygen atoms in total. The number of aliphatic hydroxyl groups is 1. The molecule has 3 heterocycles. The largest absolute Gasteiger partial charge is 0.391 e. The third kappa shape index (κ3) is 3.91. The number of pyridine rings is 1. The van der Waals surface area contributed by atoms with Crippen molar-refractivity contribution >= 4 is 33.6 Å². The Labute approximate surface area is 193 Å². The van der Waals surface area contributed by atoms with Crippen molar-refractivity contribution in [1.82, 2.24) is 19.5 Å². The Balaban J connectivity index is 1.14. The van der Waals surface area contributed by atoms with Crippen LogP contribution in [0.4, 0.5) is 11.6 Å². The molecule has 3 unspecified atom stereocenters. The van der Waals surface area contributed by atoms with Crippen LogP contribution in [0.2, 0.25) is 0 Å². The van der Waals surface area contributed by atoms with Crippen molar-refractivity contribution in [2.24, 2.45) is 5.92 Å². The van der Waals surface area contributed by atoms with E-state index in [9.17, 15) is 5.11 Å². The smallest absolute Gasteiger partial charge is 0.145 e. The van der Waals surface area contributed by atoms with Crippen LogP contribution in [0.5, 0.6) is 0 Å². The van der Waals surface area contributed by atoms with Crippen molar-refractivity contribution in [3.63, 3.8) is 0 Å². The van der Waals surface area contributed by atoms with Crippen molar-refractivity contribution in [3.8, 4) is 0 Å². The zero-order valence-corrected chi connectivity index (χ0v) is 18.7. The molecule has 2 aliphatic rings. The Morgan fingerprint density at radius 1 is 1.09 bits per heavy atom. The molecule has 0 bridgehead atoms. The average molecular weight is 443 g/mol. The van der Waals surface area contributed by atoms with Gasteiger partial charge in [-0.3, -0.25) is 0 Å². The summed E-state index contributed by atoms with van der Waals surface area (Å²) in [6.07, 6.45) is 10.7. The van der Waals surface area contributed by atoms with Crippen molar-refractivity contribution in [3.05, 3.63) is 54.5 Å². The number of nitrogens with one attached hydrogen (secondary N) is 1. The summed E-state index contributed by atoms with van der Waals surface area (Å²) >= 11 is 0. The highest BCUT2D eigenvalue weighted by Gasteiger charge is 2.34. The second-order valence-electron chi connectivity index (χ2n) is 9.73. The van der Waals surface area contributed by atoms with Gasteiger partial charge in [0.2, 0.25) is 0 Å². The molecule has 2 saturated carbocycles. The van der Waals surface area contributed by atoms with E-state index in [1.807, 2.05) is 12.3 Å². The maximum absolute atomic E-state index is 10.8. The number of fused-ring (bicyclic) bond motifs is 2. The molecule has 3 atom stereocenters. The van der Waals surface area contributed by atoms with Gasteiger partial charge in [-0.05, 0) is 80.7 Å². The number of nitrogen functional groups attached to an aromatic ring is 1. The van der Waals surface area contributed by atoms with E-state index in [0.717, 1.165) is 48.1 Å². The van der Waals surface area contributed by atoms with E-state index in [2.05, 4.69) is 50.2 Å². The number of aryl methyl sites for hydroxylation is 1. The molecule has 0 amide bonds. The number of nitrogens with zero attached hydrogens (tertiary/aromatic N) is 4. The van der Waals surface area contributed by atoms with Crippen molar-refractivity contribution in [2.75, 3.05) is 11.1 Å². The van der Waals surface area contributed by atoms with Crippen LogP contribution in [0.15, 0.2) is 48.9 Å². The summed E-state index contributed by atoms with van der Waals surface area (Å²) in [5.74, 6) is 1.94. The number of anilines is 2. The molecule has 0 aliphatic heterocycles. The highest BCUT2D eigenvalue weighted by Crippen LogP contribution is 2.39. The van der Waals surface area contributed by atoms with E-state index in [1.165, 1.54) is 36.5 Å². The van der Waals surface area contributed by atoms with Gasteiger partial charge in [-0.1, -0.05) is 12.1 Å². The van der Waals surface area contributed by atoms with Gasteiger partial charge in [0, 0.05) is 17.6 Å². The summed E-state index contributed by atoms with van der Waals surface area (Å²) in [4.78, 5) is 13.3. The van der Waals surface area contributed by atoms with E-state index in [4.69, 9.17) is 10.7 Å². The standard InChI is InChI=1S/C26H30N6O/c27-25-20-10-11-32(26(20)29-15-28-25)22-13-17(14-23(22)33)5-4-16-6-7-18-8-9-24(31-21(18)12-16)30-19-2-1-3-19/h6-12,15,17,19,22-23,33H,1-5,13-14H2,(H,30,31)(H2,27,28,29). The number of aromatic nitrogens is 4. The molecule has 170 valence electrons. The first-order valence-electron chi connectivity index (χ1n) is 12.1. The van der Waals surface area contributed by atoms with Crippen LogP contribution >= 0.6 is 0 Å². The second kappa shape index (κ2) is 8.30. The number of aliphatic hydroxyl groups excluding tert-OH is 1. The molecule has 4 aromatic rings. The molecule has 6 rings (SSSR count). The lowest BCUT2D eigenvalue weighted by molar-refractivity contribution is 0.136. The van der Waals surface area contributed by atoms with Crippen molar-refractivity contribution in [2.45, 2.75) is 63.1 Å². The summed E-state index contributed by atoms with van der Waals surface area (Å²) in [5.41, 5.74) is 9.15. The lowest BCUT2D eigenvalue weighted by atomic mass is 9.93. The third-order valence-electron chi connectivity index (χ3n) is 7.55. The first-order chi connectivity index (χ1) is 16.1. The molecule has 0 radical (unpaired) electrons. The number of hydrogen-bond donors (Lipinski definition) is 3. The Kier molecular flexibility index (Phi) is 5.14. The van der Waals surface area contributed by atoms with Crippen LogP contribution < -0.4 is 11.1 Å². The molecule has 3 aromatic heterocycles. The molecule has 4 N–H and O–H groups in total. The Bertz CT molecular complexity index is 1300. The molecule has 1 aromatic carbocycles. The van der Waals surface area contributed by atoms with E-state index in [-0.39, 0.29) is 12.1 Å². The maximum atomic E-state index is 10.8. The Hall–Kier alpha value is -3.19. The summed E-state index contributed by atoms with van der Waals surface area (Å²) in [6, 6.07) is 13.4. The Morgan fingerprint density at radius 3 is 2.82 bits per heavy atom. The maximum Gasteiger partial charge on any atom is 0.145 e. The normalized spacial score (nSPS) is 23.2. The predicted molar refractivity (Wildman–Crippen MR) is 131 cm³/mol. The lowest BCUT2D eigenvalue weighted by Gasteiger charge is -2.26. The second-order valence-corrected chi connectivity index (χ2v) is 9.73. The van der Waals surface area contributed by atoms with Gasteiger partial charge in [0.15, 0.2) is 0 Å². The van der Waals surface area contributed by atoms with E-state index in [0.29, 0.717) is 17.8 Å². The summed E-state index contributed by atoms with van der Waals surface area (Å²) in [7, 11) is 0. The number of nitrogens with two attached hydrogens (primary N) is 1. The zero-order chi connectivity index (χ0) is 22.4. The van der Waals surface area contributed by atoms with Gasteiger partial charge in [-0.25, -0.2) is 15.0 Å². The number of rotatable bonds is 6. The van der Waals surface area contributed by atoms with E-state index < -0.39 is 0 Å². The van der Waals surface area contributed by atoms with Gasteiger partial charge in [-0.2, -0.15) is 0 Å². The first-order valence-corrected chi connectivity index (χ1v) is 12.1. The van der Waals surface area contributed by atoms with Gasteiger partial charge >= 0.3 is 0 Å². The van der Waals surface area contributed by atoms with Crippen LogP contribution in [0.1, 0.15) is 50.1 Å². The molecule has 33 heavy (non-hydrogen) atoms. The van der Waals surface area contributed by atoms with Crippen molar-refractivity contribution in [1.29, 1.82) is 0 Å². The van der Waals surface area contributed by atoms with Gasteiger partial charge < -0.3 is 20.7 Å². The minimum atomic E-state index is -0.375. The van der Waals surface area contributed by atoms with Gasteiger partial charge in [0.25, 0.3) is 0 Å². The minimum absolute atomic E-state index is 0.0280. The SMILES string of the molecule is Nc1ncnc2c1ccn2C1CC(CCc2ccc3ccc(NC4CCC4)nc3c2)CC1O. The molecule has 2 aliphatic carbocycles. The minimum Gasteiger partial charge on any atom is -0.391 e. The van der Waals surface area contributed by atoms with Crippen LogP contribution in [-0.2, 0) is 6.42 Å². The summed E-state index contributed by atoms with van der Waals surface area (Å²) in [5, 5.41) is 16.4. The third-order valence-corrected chi connectivity index (χ3v) is 7.55. The molecule has 0 spiro atoms. The average Bonchev–Trinajstić information content (AvgIpc) is 3.38. The monoisotopic (exact) mass is 442 g/mol. The molecular weight excluding hydrogens is 412 g/mol. The fourth-order valence-corrected chi connectivity index (χ4v) is 5.42. The Morgan fingerprint density at radius 2 is 1.97 bits per heavy atom. The molecule has 0 saturated heterocycles.